The maximum absolute atomic E-state index is 12.9. The second-order valence-electron chi connectivity index (χ2n) is 6.03. The summed E-state index contributed by atoms with van der Waals surface area (Å²) in [6, 6.07) is 7.00. The summed E-state index contributed by atoms with van der Waals surface area (Å²) in [5.74, 6) is 0.847. The Morgan fingerprint density at radius 3 is 2.29 bits per heavy atom. The molecular formula is C20H21ClN2O4S. The van der Waals surface area contributed by atoms with Crippen molar-refractivity contribution in [3.8, 4) is 17.2 Å². The van der Waals surface area contributed by atoms with Gasteiger partial charge in [0.25, 0.3) is 5.91 Å². The molecule has 0 radical (unpaired) electrons. The minimum Gasteiger partial charge on any atom is -0.493 e. The Bertz CT molecular complexity index is 1090. The Morgan fingerprint density at radius 1 is 1.11 bits per heavy atom. The van der Waals surface area contributed by atoms with E-state index in [4.69, 9.17) is 25.8 Å². The summed E-state index contributed by atoms with van der Waals surface area (Å²) in [6.07, 6.45) is 0. The van der Waals surface area contributed by atoms with Gasteiger partial charge in [-0.25, -0.2) is 0 Å². The highest BCUT2D eigenvalue weighted by molar-refractivity contribution is 7.16. The smallest absolute Gasteiger partial charge is 0.279 e. The average Bonchev–Trinajstić information content (AvgIpc) is 3.03. The van der Waals surface area contributed by atoms with E-state index in [-0.39, 0.29) is 0 Å². The van der Waals surface area contributed by atoms with Crippen molar-refractivity contribution in [2.75, 3.05) is 21.3 Å². The number of fused-ring (bicyclic) bond motifs is 1. The van der Waals surface area contributed by atoms with E-state index < -0.39 is 5.91 Å². The third-order valence-corrected chi connectivity index (χ3v) is 5.60. The third kappa shape index (κ3) is 3.59. The van der Waals surface area contributed by atoms with Crippen molar-refractivity contribution >= 4 is 39.1 Å². The van der Waals surface area contributed by atoms with Crippen molar-refractivity contribution in [1.29, 1.82) is 0 Å². The molecule has 6 nitrogen and oxygen atoms in total. The molecule has 1 aromatic heterocycles. The summed E-state index contributed by atoms with van der Waals surface area (Å²) in [6.45, 7) is 4.70. The maximum atomic E-state index is 12.9. The van der Waals surface area contributed by atoms with Gasteiger partial charge >= 0.3 is 0 Å². The van der Waals surface area contributed by atoms with Crippen molar-refractivity contribution in [1.82, 2.24) is 4.57 Å². The molecule has 0 saturated heterocycles. The van der Waals surface area contributed by atoms with Crippen LogP contribution in [0.5, 0.6) is 17.2 Å². The summed E-state index contributed by atoms with van der Waals surface area (Å²) < 4.78 is 19.0. The van der Waals surface area contributed by atoms with E-state index >= 15 is 0 Å². The molecule has 0 N–H and O–H groups in total. The summed E-state index contributed by atoms with van der Waals surface area (Å²) >= 11 is 7.62. The first-order chi connectivity index (χ1) is 13.4. The van der Waals surface area contributed by atoms with Gasteiger partial charge in [-0.2, -0.15) is 4.99 Å². The Balaban J connectivity index is 2.17. The highest BCUT2D eigenvalue weighted by Gasteiger charge is 2.17. The summed E-state index contributed by atoms with van der Waals surface area (Å²) in [5.41, 5.74) is 2.43. The highest BCUT2D eigenvalue weighted by atomic mass is 35.5. The molecule has 0 unspecified atom stereocenters. The fraction of sp³-hybridized carbons (Fsp3) is 0.300. The SMILES string of the molecule is CCn1c(=NC(=O)c2cc(OC)c(OC)c(OC)c2)sc2cc(Cl)cc(C)c21. The fourth-order valence-electron chi connectivity index (χ4n) is 3.11. The minimum atomic E-state index is -0.392. The number of nitrogens with zero attached hydrogens (tertiary/aromatic N) is 2. The number of rotatable bonds is 5. The molecule has 0 atom stereocenters. The van der Waals surface area contributed by atoms with Crippen molar-refractivity contribution in [2.24, 2.45) is 4.99 Å². The van der Waals surface area contributed by atoms with Crippen LogP contribution in [0.3, 0.4) is 0 Å². The van der Waals surface area contributed by atoms with Crippen LogP contribution < -0.4 is 19.0 Å². The third-order valence-electron chi connectivity index (χ3n) is 4.36. The van der Waals surface area contributed by atoms with Crippen LogP contribution in [-0.2, 0) is 6.54 Å². The molecule has 0 aliphatic heterocycles. The van der Waals surface area contributed by atoms with E-state index in [2.05, 4.69) is 4.99 Å². The monoisotopic (exact) mass is 420 g/mol. The van der Waals surface area contributed by atoms with Gasteiger partial charge < -0.3 is 18.8 Å². The molecule has 28 heavy (non-hydrogen) atoms. The van der Waals surface area contributed by atoms with Crippen LogP contribution in [0.1, 0.15) is 22.8 Å². The minimum absolute atomic E-state index is 0.351. The molecule has 0 saturated carbocycles. The van der Waals surface area contributed by atoms with Crippen LogP contribution in [0.2, 0.25) is 5.02 Å². The molecule has 1 amide bonds. The Hall–Kier alpha value is -2.51. The summed E-state index contributed by atoms with van der Waals surface area (Å²) in [4.78, 5) is 17.9. The molecule has 1 heterocycles. The molecule has 2 aromatic carbocycles. The zero-order chi connectivity index (χ0) is 20.4. The number of amides is 1. The Kier molecular flexibility index (Phi) is 5.96. The molecule has 0 fully saturated rings. The largest absolute Gasteiger partial charge is 0.493 e. The predicted molar refractivity (Wildman–Crippen MR) is 111 cm³/mol. The first-order valence-electron chi connectivity index (χ1n) is 8.62. The summed E-state index contributed by atoms with van der Waals surface area (Å²) in [5, 5.41) is 0.664. The second kappa shape index (κ2) is 8.24. The molecule has 3 rings (SSSR count). The van der Waals surface area contributed by atoms with E-state index in [0.717, 1.165) is 15.8 Å². The predicted octanol–water partition coefficient (Wildman–Crippen LogP) is 4.45. The van der Waals surface area contributed by atoms with Crippen molar-refractivity contribution in [3.63, 3.8) is 0 Å². The van der Waals surface area contributed by atoms with Crippen molar-refractivity contribution in [2.45, 2.75) is 20.4 Å². The lowest BCUT2D eigenvalue weighted by Crippen LogP contribution is -2.16. The standard InChI is InChI=1S/C20H21ClN2O4S/c1-6-23-17-11(2)7-13(21)10-16(17)28-20(23)22-19(24)12-8-14(25-3)18(27-5)15(9-12)26-4/h7-10H,6H2,1-5H3. The van der Waals surface area contributed by atoms with Crippen LogP contribution in [0.15, 0.2) is 29.3 Å². The van der Waals surface area contributed by atoms with Gasteiger partial charge in [0, 0.05) is 17.1 Å². The van der Waals surface area contributed by atoms with E-state index in [1.807, 2.05) is 30.5 Å². The quantitative estimate of drug-likeness (QED) is 0.611. The van der Waals surface area contributed by atoms with Crippen LogP contribution in [-0.4, -0.2) is 31.8 Å². The van der Waals surface area contributed by atoms with Crippen molar-refractivity contribution < 1.29 is 19.0 Å². The van der Waals surface area contributed by atoms with Gasteiger partial charge in [-0.1, -0.05) is 22.9 Å². The number of hydrogen-bond donors (Lipinski definition) is 0. The Morgan fingerprint density at radius 2 is 1.75 bits per heavy atom. The Labute approximate surface area is 171 Å². The zero-order valence-corrected chi connectivity index (χ0v) is 17.9. The second-order valence-corrected chi connectivity index (χ2v) is 7.47. The number of aromatic nitrogens is 1. The number of benzene rings is 2. The van der Waals surface area contributed by atoms with Gasteiger partial charge in [0.05, 0.1) is 31.5 Å². The fourth-order valence-corrected chi connectivity index (χ4v) is 4.66. The lowest BCUT2D eigenvalue weighted by molar-refractivity contribution is 0.0997. The van der Waals surface area contributed by atoms with Gasteiger partial charge in [0.2, 0.25) is 5.75 Å². The van der Waals surface area contributed by atoms with Crippen LogP contribution >= 0.6 is 22.9 Å². The molecule has 0 spiro atoms. The first kappa shape index (κ1) is 20.2. The topological polar surface area (TPSA) is 62.1 Å². The molecule has 148 valence electrons. The molecule has 8 heteroatoms. The number of carbonyl (C=O) groups is 1. The van der Waals surface area contributed by atoms with E-state index in [0.29, 0.717) is 39.2 Å². The average molecular weight is 421 g/mol. The molecule has 3 aromatic rings. The van der Waals surface area contributed by atoms with E-state index in [9.17, 15) is 4.79 Å². The number of ether oxygens (including phenoxy) is 3. The van der Waals surface area contributed by atoms with Gasteiger partial charge in [0.15, 0.2) is 16.3 Å². The molecule has 0 aliphatic carbocycles. The van der Waals surface area contributed by atoms with Gasteiger partial charge in [-0.15, -0.1) is 0 Å². The zero-order valence-electron chi connectivity index (χ0n) is 16.3. The number of aryl methyl sites for hydroxylation is 2. The van der Waals surface area contributed by atoms with Crippen molar-refractivity contribution in [3.05, 3.63) is 45.2 Å². The van der Waals surface area contributed by atoms with Gasteiger partial charge in [-0.3, -0.25) is 4.79 Å². The number of methoxy groups -OCH3 is 3. The normalized spacial score (nSPS) is 11.7. The summed E-state index contributed by atoms with van der Waals surface area (Å²) in [7, 11) is 4.53. The van der Waals surface area contributed by atoms with Crippen LogP contribution in [0.25, 0.3) is 10.2 Å². The van der Waals surface area contributed by atoms with Gasteiger partial charge in [0.1, 0.15) is 0 Å². The lowest BCUT2D eigenvalue weighted by Gasteiger charge is -2.12. The molecule has 0 bridgehead atoms. The number of halogens is 1. The number of hydrogen-bond acceptors (Lipinski definition) is 5. The maximum Gasteiger partial charge on any atom is 0.279 e. The van der Waals surface area contributed by atoms with Crippen LogP contribution in [0.4, 0.5) is 0 Å². The van der Waals surface area contributed by atoms with Gasteiger partial charge in [-0.05, 0) is 43.7 Å². The lowest BCUT2D eigenvalue weighted by atomic mass is 10.1. The van der Waals surface area contributed by atoms with E-state index in [1.165, 1.54) is 32.7 Å². The van der Waals surface area contributed by atoms with E-state index in [1.54, 1.807) is 12.1 Å². The van der Waals surface area contributed by atoms with Crippen LogP contribution in [0, 0.1) is 6.92 Å². The molecular weight excluding hydrogens is 400 g/mol. The first-order valence-corrected chi connectivity index (χ1v) is 9.81. The molecule has 0 aliphatic rings. The number of carbonyl (C=O) groups excluding carboxylic acids is 1. The number of thiazole rings is 1. The highest BCUT2D eigenvalue weighted by Crippen LogP contribution is 2.38.